The Morgan fingerprint density at radius 3 is 2.50 bits per heavy atom. The van der Waals surface area contributed by atoms with Crippen LogP contribution in [0.15, 0.2) is 29.4 Å². The van der Waals surface area contributed by atoms with E-state index in [1.165, 1.54) is 0 Å². The van der Waals surface area contributed by atoms with Crippen molar-refractivity contribution in [1.82, 2.24) is 0 Å². The van der Waals surface area contributed by atoms with Gasteiger partial charge in [0.15, 0.2) is 0 Å². The van der Waals surface area contributed by atoms with Gasteiger partial charge >= 0.3 is 17.7 Å². The Balaban J connectivity index is 2.38. The maximum atomic E-state index is 11.9. The number of esters is 1. The van der Waals surface area contributed by atoms with E-state index >= 15 is 0 Å². The standard InChI is InChI=1S/C13H14N2O5/c1-3-20-11(16)10-13(18,19)12(17)15(14-10)9-6-4-8(2)5-7-9/h4-7,18-19H,3H2,1-2H3. The number of ether oxygens (including phenoxy) is 1. The maximum absolute atomic E-state index is 11.9. The van der Waals surface area contributed by atoms with Crippen molar-refractivity contribution in [3.63, 3.8) is 0 Å². The summed E-state index contributed by atoms with van der Waals surface area (Å²) in [4.78, 5) is 23.5. The fraction of sp³-hybridized carbons (Fsp3) is 0.308. The van der Waals surface area contributed by atoms with Crippen LogP contribution in [0.5, 0.6) is 0 Å². The van der Waals surface area contributed by atoms with Crippen LogP contribution in [0.3, 0.4) is 0 Å². The number of aliphatic hydroxyl groups is 2. The topological polar surface area (TPSA) is 99.4 Å². The van der Waals surface area contributed by atoms with Crippen LogP contribution in [-0.2, 0) is 14.3 Å². The SMILES string of the molecule is CCOC(=O)C1=NN(c2ccc(C)cc2)C(=O)C1(O)O. The molecule has 0 atom stereocenters. The third-order valence-corrected chi connectivity index (χ3v) is 2.77. The van der Waals surface area contributed by atoms with Crippen molar-refractivity contribution in [2.45, 2.75) is 19.6 Å². The number of rotatable bonds is 3. The van der Waals surface area contributed by atoms with Crippen LogP contribution in [0.25, 0.3) is 0 Å². The summed E-state index contributed by atoms with van der Waals surface area (Å²) in [5, 5.41) is 23.9. The molecule has 1 amide bonds. The van der Waals surface area contributed by atoms with Crippen molar-refractivity contribution in [2.75, 3.05) is 11.6 Å². The van der Waals surface area contributed by atoms with Gasteiger partial charge in [-0.2, -0.15) is 10.1 Å². The zero-order valence-corrected chi connectivity index (χ0v) is 11.0. The van der Waals surface area contributed by atoms with Crippen LogP contribution in [0, 0.1) is 6.92 Å². The summed E-state index contributed by atoms with van der Waals surface area (Å²) >= 11 is 0. The minimum absolute atomic E-state index is 0.0344. The normalized spacial score (nSPS) is 17.1. The highest BCUT2D eigenvalue weighted by atomic mass is 16.6. The fourth-order valence-electron chi connectivity index (χ4n) is 1.71. The first-order valence-corrected chi connectivity index (χ1v) is 6.00. The number of aryl methyl sites for hydroxylation is 1. The van der Waals surface area contributed by atoms with Crippen LogP contribution in [0.1, 0.15) is 12.5 Å². The van der Waals surface area contributed by atoms with Crippen molar-refractivity contribution in [3.05, 3.63) is 29.8 Å². The lowest BCUT2D eigenvalue weighted by atomic mass is 10.1. The van der Waals surface area contributed by atoms with Gasteiger partial charge < -0.3 is 14.9 Å². The first kappa shape index (κ1) is 14.2. The molecule has 7 nitrogen and oxygen atoms in total. The number of hydrazone groups is 1. The summed E-state index contributed by atoms with van der Waals surface area (Å²) in [6, 6.07) is 6.63. The summed E-state index contributed by atoms with van der Waals surface area (Å²) in [7, 11) is 0. The molecule has 2 rings (SSSR count). The first-order valence-electron chi connectivity index (χ1n) is 6.00. The number of carbonyl (C=O) groups excluding carboxylic acids is 2. The maximum Gasteiger partial charge on any atom is 0.360 e. The minimum atomic E-state index is -2.98. The number of anilines is 1. The molecule has 0 spiro atoms. The molecule has 1 aromatic carbocycles. The third-order valence-electron chi connectivity index (χ3n) is 2.77. The monoisotopic (exact) mass is 278 g/mol. The second-order valence-corrected chi connectivity index (χ2v) is 4.29. The van der Waals surface area contributed by atoms with E-state index in [0.29, 0.717) is 5.69 Å². The molecule has 0 saturated heterocycles. The van der Waals surface area contributed by atoms with E-state index in [2.05, 4.69) is 9.84 Å². The molecular weight excluding hydrogens is 264 g/mol. The van der Waals surface area contributed by atoms with Gasteiger partial charge in [-0.25, -0.2) is 4.79 Å². The van der Waals surface area contributed by atoms with Crippen molar-refractivity contribution in [3.8, 4) is 0 Å². The highest BCUT2D eigenvalue weighted by Crippen LogP contribution is 2.25. The summed E-state index contributed by atoms with van der Waals surface area (Å²) in [6.07, 6.45) is 0. The van der Waals surface area contributed by atoms with Gasteiger partial charge in [0.2, 0.25) is 5.71 Å². The lowest BCUT2D eigenvalue weighted by Gasteiger charge is -2.16. The Labute approximate surface area is 115 Å². The van der Waals surface area contributed by atoms with Crippen LogP contribution in [0.4, 0.5) is 5.69 Å². The Hall–Kier alpha value is -2.25. The fourth-order valence-corrected chi connectivity index (χ4v) is 1.71. The molecule has 0 bridgehead atoms. The van der Waals surface area contributed by atoms with Crippen molar-refractivity contribution >= 4 is 23.3 Å². The van der Waals surface area contributed by atoms with E-state index < -0.39 is 23.4 Å². The number of amides is 1. The van der Waals surface area contributed by atoms with Crippen molar-refractivity contribution < 1.29 is 24.5 Å². The molecule has 1 aliphatic rings. The lowest BCUT2D eigenvalue weighted by molar-refractivity contribution is -0.159. The quantitative estimate of drug-likeness (QED) is 0.596. The van der Waals surface area contributed by atoms with E-state index in [1.807, 2.05) is 6.92 Å². The second-order valence-electron chi connectivity index (χ2n) is 4.29. The molecule has 0 aliphatic carbocycles. The molecular formula is C13H14N2O5. The van der Waals surface area contributed by atoms with E-state index in [1.54, 1.807) is 31.2 Å². The number of hydrogen-bond donors (Lipinski definition) is 2. The third kappa shape index (κ3) is 2.28. The number of carbonyl (C=O) groups is 2. The lowest BCUT2D eigenvalue weighted by Crippen LogP contribution is -2.49. The Bertz CT molecular complexity index is 577. The van der Waals surface area contributed by atoms with Gasteiger partial charge in [0.05, 0.1) is 12.3 Å². The van der Waals surface area contributed by atoms with Gasteiger partial charge in [-0.15, -0.1) is 0 Å². The van der Waals surface area contributed by atoms with Crippen molar-refractivity contribution in [1.29, 1.82) is 0 Å². The summed E-state index contributed by atoms with van der Waals surface area (Å²) in [5.41, 5.74) is 0.548. The molecule has 1 aliphatic heterocycles. The Kier molecular flexibility index (Phi) is 3.56. The molecule has 2 N–H and O–H groups in total. The Morgan fingerprint density at radius 1 is 1.35 bits per heavy atom. The molecule has 0 radical (unpaired) electrons. The first-order chi connectivity index (χ1) is 9.37. The average Bonchev–Trinajstić information content (AvgIpc) is 2.63. The highest BCUT2D eigenvalue weighted by Gasteiger charge is 2.53. The zero-order valence-electron chi connectivity index (χ0n) is 11.0. The van der Waals surface area contributed by atoms with Gasteiger partial charge in [-0.05, 0) is 26.0 Å². The molecule has 106 valence electrons. The predicted molar refractivity (Wildman–Crippen MR) is 69.9 cm³/mol. The number of nitrogens with zero attached hydrogens (tertiary/aromatic N) is 2. The van der Waals surface area contributed by atoms with Gasteiger partial charge in [-0.1, -0.05) is 17.7 Å². The highest BCUT2D eigenvalue weighted by molar-refractivity contribution is 6.46. The second kappa shape index (κ2) is 5.03. The molecule has 7 heteroatoms. The van der Waals surface area contributed by atoms with Gasteiger partial charge in [0.1, 0.15) is 0 Å². The average molecular weight is 278 g/mol. The largest absolute Gasteiger partial charge is 0.461 e. The van der Waals surface area contributed by atoms with E-state index in [4.69, 9.17) is 0 Å². The van der Waals surface area contributed by atoms with Crippen molar-refractivity contribution in [2.24, 2.45) is 5.10 Å². The molecule has 0 unspecified atom stereocenters. The number of hydrogen-bond acceptors (Lipinski definition) is 6. The molecule has 0 saturated carbocycles. The van der Waals surface area contributed by atoms with Gasteiger partial charge in [0.25, 0.3) is 0 Å². The van der Waals surface area contributed by atoms with Crippen LogP contribution >= 0.6 is 0 Å². The molecule has 1 aromatic rings. The van der Waals surface area contributed by atoms with Crippen LogP contribution < -0.4 is 5.01 Å². The smallest absolute Gasteiger partial charge is 0.360 e. The molecule has 0 fully saturated rings. The summed E-state index contributed by atoms with van der Waals surface area (Å²) in [6.45, 7) is 3.46. The van der Waals surface area contributed by atoms with Gasteiger partial charge in [0, 0.05) is 0 Å². The molecule has 20 heavy (non-hydrogen) atoms. The zero-order chi connectivity index (χ0) is 14.9. The Morgan fingerprint density at radius 2 is 1.95 bits per heavy atom. The van der Waals surface area contributed by atoms with E-state index in [9.17, 15) is 19.8 Å². The summed E-state index contributed by atoms with van der Waals surface area (Å²) in [5.74, 6) is -5.14. The summed E-state index contributed by atoms with van der Waals surface area (Å²) < 4.78 is 4.64. The number of benzene rings is 1. The molecule has 1 heterocycles. The van der Waals surface area contributed by atoms with Crippen LogP contribution in [-0.4, -0.2) is 40.2 Å². The molecule has 0 aromatic heterocycles. The predicted octanol–water partition coefficient (Wildman–Crippen LogP) is -0.0584. The van der Waals surface area contributed by atoms with Gasteiger partial charge in [-0.3, -0.25) is 4.79 Å². The van der Waals surface area contributed by atoms with Crippen LogP contribution in [0.2, 0.25) is 0 Å². The van der Waals surface area contributed by atoms with E-state index in [0.717, 1.165) is 10.6 Å². The minimum Gasteiger partial charge on any atom is -0.461 e. The van der Waals surface area contributed by atoms with E-state index in [-0.39, 0.29) is 6.61 Å².